The summed E-state index contributed by atoms with van der Waals surface area (Å²) < 4.78 is 0. The van der Waals surface area contributed by atoms with Crippen molar-refractivity contribution in [2.24, 2.45) is 0 Å². The van der Waals surface area contributed by atoms with Gasteiger partial charge in [0.2, 0.25) is 0 Å². The molecule has 12 nitrogen and oxygen atoms in total. The Morgan fingerprint density at radius 3 is 1.41 bits per heavy atom. The van der Waals surface area contributed by atoms with Crippen LogP contribution in [0.3, 0.4) is 0 Å². The number of hydrogen-bond donors (Lipinski definition) is 2. The smallest absolute Gasteiger partial charge is 0.161 e. The number of aromatic amines is 2. The van der Waals surface area contributed by atoms with Crippen molar-refractivity contribution in [3.05, 3.63) is 62.0 Å². The predicted molar refractivity (Wildman–Crippen MR) is 72.4 cm³/mol. The molecule has 2 N–H and O–H groups in total. The van der Waals surface area contributed by atoms with E-state index in [1.807, 2.05) is 0 Å². The van der Waals surface area contributed by atoms with Crippen LogP contribution in [-0.4, -0.2) is 61.4 Å². The van der Waals surface area contributed by atoms with E-state index in [4.69, 9.17) is 0 Å². The van der Waals surface area contributed by atoms with Crippen LogP contribution in [-0.2, 0) is 0 Å². The van der Waals surface area contributed by atoms with Crippen molar-refractivity contribution < 1.29 is 0 Å². The van der Waals surface area contributed by atoms with Crippen molar-refractivity contribution in [3.8, 4) is 0 Å². The van der Waals surface area contributed by atoms with E-state index in [-0.39, 0.29) is 0 Å². The van der Waals surface area contributed by atoms with Gasteiger partial charge in [-0.25, -0.2) is 9.97 Å². The van der Waals surface area contributed by atoms with Crippen LogP contribution in [0.1, 0.15) is 0 Å². The van der Waals surface area contributed by atoms with E-state index in [0.717, 1.165) is 0 Å². The van der Waals surface area contributed by atoms with Gasteiger partial charge in [-0.05, 0) is 17.3 Å². The first-order valence-corrected chi connectivity index (χ1v) is 5.74. The Kier molecular flexibility index (Phi) is 10.2. The van der Waals surface area contributed by atoms with E-state index in [0.29, 0.717) is 0 Å². The zero-order chi connectivity index (χ0) is 15.6. The molecule has 4 rings (SSSR count). The van der Waals surface area contributed by atoms with Crippen LogP contribution in [0.2, 0.25) is 0 Å². The highest BCUT2D eigenvalue weighted by molar-refractivity contribution is 4.74. The molecule has 0 aliphatic heterocycles. The molecule has 4 heterocycles. The lowest BCUT2D eigenvalue weighted by Gasteiger charge is -1.70. The minimum absolute atomic E-state index is 1.33. The Morgan fingerprint density at radius 2 is 1.23 bits per heavy atom. The number of nitrogens with one attached hydrogen (secondary N) is 2. The number of hydrogen-bond acceptors (Lipinski definition) is 10. The molecule has 112 valence electrons. The Morgan fingerprint density at radius 1 is 0.545 bits per heavy atom. The third-order valence-corrected chi connectivity index (χ3v) is 1.49. The lowest BCUT2D eigenvalue weighted by Crippen LogP contribution is -1.78. The minimum atomic E-state index is 1.33. The standard InChI is InChI=1S/C4H4N2.C3H3N3.C2H3N3.CH2N4/c1-2-5-4-6-3-1;1-2-4-6-5-3-1;2*1-2-4-5-3-1/h1-4H;1-3H;1-2H,(H,3,4,5);1H,(H,2,3,4,5). The maximum Gasteiger partial charge on any atom is 0.161 e. The van der Waals surface area contributed by atoms with Crippen LogP contribution in [0.25, 0.3) is 0 Å². The van der Waals surface area contributed by atoms with Crippen LogP contribution in [0.15, 0.2) is 62.0 Å². The Balaban J connectivity index is 0.000000147. The summed E-state index contributed by atoms with van der Waals surface area (Å²) in [5.41, 5.74) is 0. The number of nitrogens with zero attached hydrogens (tertiary/aromatic N) is 10. The number of aromatic nitrogens is 12. The van der Waals surface area contributed by atoms with Crippen molar-refractivity contribution in [2.75, 3.05) is 0 Å². The number of rotatable bonds is 0. The van der Waals surface area contributed by atoms with Crippen LogP contribution in [0, 0.1) is 0 Å². The maximum atomic E-state index is 3.67. The summed E-state index contributed by atoms with van der Waals surface area (Å²) in [6.07, 6.45) is 12.5. The molecule has 0 aliphatic rings. The molecule has 0 spiro atoms. The predicted octanol–water partition coefficient (Wildman–Crippen LogP) is -0.647. The molecule has 12 heteroatoms. The van der Waals surface area contributed by atoms with E-state index in [2.05, 4.69) is 61.4 Å². The second-order valence-corrected chi connectivity index (χ2v) is 2.93. The highest BCUT2D eigenvalue weighted by Crippen LogP contribution is 1.66. The van der Waals surface area contributed by atoms with Crippen molar-refractivity contribution in [3.63, 3.8) is 0 Å². The molecule has 0 aromatic carbocycles. The van der Waals surface area contributed by atoms with Gasteiger partial charge in [-0.2, -0.15) is 20.6 Å². The molecule has 4 aromatic heterocycles. The van der Waals surface area contributed by atoms with Gasteiger partial charge >= 0.3 is 0 Å². The van der Waals surface area contributed by atoms with Gasteiger partial charge in [-0.3, -0.25) is 0 Å². The molecule has 22 heavy (non-hydrogen) atoms. The van der Waals surface area contributed by atoms with Crippen LogP contribution < -0.4 is 0 Å². The third kappa shape index (κ3) is 11.4. The quantitative estimate of drug-likeness (QED) is 0.427. The zero-order valence-electron chi connectivity index (χ0n) is 11.2. The first-order chi connectivity index (χ1) is 11.0. The van der Waals surface area contributed by atoms with Gasteiger partial charge in [-0.15, -0.1) is 20.4 Å². The third-order valence-electron chi connectivity index (χ3n) is 1.49. The summed E-state index contributed by atoms with van der Waals surface area (Å²) >= 11 is 0. The van der Waals surface area contributed by atoms with Crippen LogP contribution in [0.4, 0.5) is 0 Å². The van der Waals surface area contributed by atoms with Gasteiger partial charge < -0.3 is 0 Å². The van der Waals surface area contributed by atoms with E-state index in [9.17, 15) is 0 Å². The summed E-state index contributed by atoms with van der Waals surface area (Å²) in [7, 11) is 0. The molecule has 0 bridgehead atoms. The lowest BCUT2D eigenvalue weighted by atomic mass is 10.7. The topological polar surface area (TPSA) is 160 Å². The normalized spacial score (nSPS) is 8.00. The number of tetrazole rings is 1. The first kappa shape index (κ1) is 16.4. The lowest BCUT2D eigenvalue weighted by molar-refractivity contribution is 0.865. The Labute approximate surface area is 124 Å². The van der Waals surface area contributed by atoms with Crippen molar-refractivity contribution >= 4 is 0 Å². The van der Waals surface area contributed by atoms with E-state index >= 15 is 0 Å². The molecule has 0 saturated carbocycles. The molecule has 4 aromatic rings. The second kappa shape index (κ2) is 13.7. The van der Waals surface area contributed by atoms with Gasteiger partial charge in [0.25, 0.3) is 0 Å². The van der Waals surface area contributed by atoms with Crippen molar-refractivity contribution in [1.82, 2.24) is 61.4 Å². The first-order valence-electron chi connectivity index (χ1n) is 5.74. The summed E-state index contributed by atoms with van der Waals surface area (Å²) in [6, 6.07) is 3.49. The van der Waals surface area contributed by atoms with Gasteiger partial charge in [-0.1, -0.05) is 5.21 Å². The average molecular weight is 300 g/mol. The van der Waals surface area contributed by atoms with Gasteiger partial charge in [0.05, 0.1) is 24.8 Å². The molecular formula is C10H12N12. The molecule has 0 radical (unpaired) electrons. The Hall–Kier alpha value is -3.70. The fourth-order valence-corrected chi connectivity index (χ4v) is 0.754. The molecule has 0 saturated heterocycles. The van der Waals surface area contributed by atoms with E-state index in [1.54, 1.807) is 49.3 Å². The van der Waals surface area contributed by atoms with E-state index in [1.165, 1.54) is 12.7 Å². The fourth-order valence-electron chi connectivity index (χ4n) is 0.754. The van der Waals surface area contributed by atoms with Gasteiger partial charge in [0, 0.05) is 12.4 Å². The van der Waals surface area contributed by atoms with Crippen LogP contribution in [0.5, 0.6) is 0 Å². The van der Waals surface area contributed by atoms with Crippen LogP contribution >= 0.6 is 0 Å². The molecule has 0 amide bonds. The number of H-pyrrole nitrogens is 2. The summed E-state index contributed by atoms with van der Waals surface area (Å²) in [5.74, 6) is 0. The monoisotopic (exact) mass is 300 g/mol. The SMILES string of the molecule is c1cn[nH]n1.c1cncnc1.c1cnnnc1.c1nn[nH]n1. The summed E-state index contributed by atoms with van der Waals surface area (Å²) in [6.45, 7) is 0. The molecule has 0 fully saturated rings. The molecule has 0 atom stereocenters. The van der Waals surface area contributed by atoms with Gasteiger partial charge in [0.15, 0.2) is 6.33 Å². The second-order valence-electron chi connectivity index (χ2n) is 2.93. The fraction of sp³-hybridized carbons (Fsp3) is 0. The average Bonchev–Trinajstić information content (AvgIpc) is 3.37. The summed E-state index contributed by atoms with van der Waals surface area (Å²) in [5, 5.41) is 31.6. The molecule has 0 unspecified atom stereocenters. The van der Waals surface area contributed by atoms with Crippen molar-refractivity contribution in [1.29, 1.82) is 0 Å². The van der Waals surface area contributed by atoms with Gasteiger partial charge in [0.1, 0.15) is 6.33 Å². The zero-order valence-corrected chi connectivity index (χ0v) is 11.2. The maximum absolute atomic E-state index is 3.67. The largest absolute Gasteiger partial charge is 0.245 e. The molecule has 0 aliphatic carbocycles. The summed E-state index contributed by atoms with van der Waals surface area (Å²) in [4.78, 5) is 7.35. The minimum Gasteiger partial charge on any atom is -0.245 e. The Bertz CT molecular complexity index is 451. The molecular weight excluding hydrogens is 288 g/mol. The van der Waals surface area contributed by atoms with E-state index < -0.39 is 0 Å². The highest BCUT2D eigenvalue weighted by atomic mass is 15.5. The highest BCUT2D eigenvalue weighted by Gasteiger charge is 1.61. The van der Waals surface area contributed by atoms with Crippen molar-refractivity contribution in [2.45, 2.75) is 0 Å².